The second-order valence-corrected chi connectivity index (χ2v) is 6.35. The number of aromatic nitrogens is 1. The minimum Gasteiger partial charge on any atom is -0.478 e. The number of hydrogen-bond donors (Lipinski definition) is 1. The number of hydrogen-bond acceptors (Lipinski definition) is 2. The van der Waals surface area contributed by atoms with Crippen LogP contribution in [-0.2, 0) is 0 Å². The normalized spacial score (nSPS) is 10.8. The molecule has 0 aliphatic carbocycles. The molecular weight excluding hydrogens is 346 g/mol. The Kier molecular flexibility index (Phi) is 4.15. The highest BCUT2D eigenvalue weighted by atomic mass is 35.5. The minimum atomic E-state index is -0.990. The molecule has 26 heavy (non-hydrogen) atoms. The molecule has 0 aliphatic rings. The highest BCUT2D eigenvalue weighted by molar-refractivity contribution is 6.31. The van der Waals surface area contributed by atoms with E-state index in [4.69, 9.17) is 16.6 Å². The van der Waals surface area contributed by atoms with E-state index in [1.807, 2.05) is 60.7 Å². The zero-order chi connectivity index (χ0) is 18.1. The van der Waals surface area contributed by atoms with Crippen LogP contribution in [0.5, 0.6) is 0 Å². The molecule has 0 atom stereocenters. The zero-order valence-electron chi connectivity index (χ0n) is 13.7. The van der Waals surface area contributed by atoms with Gasteiger partial charge in [-0.3, -0.25) is 0 Å². The monoisotopic (exact) mass is 359 g/mol. The number of carbonyl (C=O) groups is 1. The first-order valence-electron chi connectivity index (χ1n) is 8.12. The minimum absolute atomic E-state index is 0.233. The fraction of sp³-hybridized carbons (Fsp3) is 0. The first-order chi connectivity index (χ1) is 12.6. The van der Waals surface area contributed by atoms with Gasteiger partial charge in [-0.15, -0.1) is 0 Å². The van der Waals surface area contributed by atoms with Gasteiger partial charge in [-0.2, -0.15) is 0 Å². The molecule has 0 radical (unpaired) electrons. The van der Waals surface area contributed by atoms with Gasteiger partial charge in [-0.1, -0.05) is 72.3 Å². The summed E-state index contributed by atoms with van der Waals surface area (Å²) in [5.41, 5.74) is 3.67. The van der Waals surface area contributed by atoms with Crippen LogP contribution in [0.3, 0.4) is 0 Å². The van der Waals surface area contributed by atoms with Crippen LogP contribution in [0.25, 0.3) is 33.3 Å². The third-order valence-electron chi connectivity index (χ3n) is 4.27. The number of rotatable bonds is 3. The van der Waals surface area contributed by atoms with Gasteiger partial charge in [0.25, 0.3) is 0 Å². The molecule has 3 nitrogen and oxygen atoms in total. The van der Waals surface area contributed by atoms with Gasteiger partial charge in [-0.05, 0) is 23.8 Å². The predicted octanol–water partition coefficient (Wildman–Crippen LogP) is 5.92. The van der Waals surface area contributed by atoms with Crippen LogP contribution >= 0.6 is 11.6 Å². The Morgan fingerprint density at radius 3 is 2.27 bits per heavy atom. The van der Waals surface area contributed by atoms with Crippen molar-refractivity contribution >= 4 is 28.5 Å². The quantitative estimate of drug-likeness (QED) is 0.494. The number of carboxylic acids is 1. The number of carboxylic acid groups (broad SMARTS) is 1. The standard InChI is InChI=1S/C22H14ClNO2/c23-16-10-6-9-15(13-16)19-20(22(25)26)17-11-4-5-12-18(17)24-21(19)14-7-2-1-3-8-14/h1-13H,(H,25,26). The molecule has 0 fully saturated rings. The van der Waals surface area contributed by atoms with E-state index in [0.717, 1.165) is 11.1 Å². The number of aromatic carboxylic acids is 1. The molecule has 0 spiro atoms. The van der Waals surface area contributed by atoms with Crippen molar-refractivity contribution in [3.8, 4) is 22.4 Å². The van der Waals surface area contributed by atoms with Crippen molar-refractivity contribution in [3.63, 3.8) is 0 Å². The van der Waals surface area contributed by atoms with Crippen molar-refractivity contribution in [2.45, 2.75) is 0 Å². The Morgan fingerprint density at radius 2 is 1.54 bits per heavy atom. The van der Waals surface area contributed by atoms with Gasteiger partial charge >= 0.3 is 5.97 Å². The van der Waals surface area contributed by atoms with Gasteiger partial charge in [0.15, 0.2) is 0 Å². The van der Waals surface area contributed by atoms with Gasteiger partial charge in [0, 0.05) is 21.5 Å². The Bertz CT molecular complexity index is 1120. The average molecular weight is 360 g/mol. The van der Waals surface area contributed by atoms with Gasteiger partial charge in [0.1, 0.15) is 0 Å². The van der Waals surface area contributed by atoms with Crippen molar-refractivity contribution < 1.29 is 9.90 Å². The fourth-order valence-corrected chi connectivity index (χ4v) is 3.35. The molecular formula is C22H14ClNO2. The summed E-state index contributed by atoms with van der Waals surface area (Å²) in [5, 5.41) is 11.2. The second-order valence-electron chi connectivity index (χ2n) is 5.91. The molecule has 1 aromatic heterocycles. The van der Waals surface area contributed by atoms with E-state index >= 15 is 0 Å². The SMILES string of the molecule is O=C(O)c1c(-c2cccc(Cl)c2)c(-c2ccccc2)nc2ccccc12. The maximum atomic E-state index is 12.2. The molecule has 0 amide bonds. The maximum Gasteiger partial charge on any atom is 0.337 e. The largest absolute Gasteiger partial charge is 0.478 e. The Labute approximate surface area is 155 Å². The first-order valence-corrected chi connectivity index (χ1v) is 8.50. The van der Waals surface area contributed by atoms with Crippen LogP contribution < -0.4 is 0 Å². The summed E-state index contributed by atoms with van der Waals surface area (Å²) in [4.78, 5) is 17.0. The number of nitrogens with zero attached hydrogens (tertiary/aromatic N) is 1. The van der Waals surface area contributed by atoms with Crippen LogP contribution in [0, 0.1) is 0 Å². The molecule has 3 aromatic carbocycles. The summed E-state index contributed by atoms with van der Waals surface area (Å²) in [6.45, 7) is 0. The molecule has 1 N–H and O–H groups in total. The second kappa shape index (κ2) is 6.62. The molecule has 0 aliphatic heterocycles. The highest BCUT2D eigenvalue weighted by Gasteiger charge is 2.22. The van der Waals surface area contributed by atoms with Crippen molar-refractivity contribution in [1.82, 2.24) is 4.98 Å². The van der Waals surface area contributed by atoms with E-state index in [1.54, 1.807) is 18.2 Å². The lowest BCUT2D eigenvalue weighted by atomic mass is 9.92. The number of benzene rings is 3. The van der Waals surface area contributed by atoms with Crippen LogP contribution in [0.15, 0.2) is 78.9 Å². The summed E-state index contributed by atoms with van der Waals surface area (Å²) >= 11 is 6.18. The fourth-order valence-electron chi connectivity index (χ4n) is 3.16. The number of fused-ring (bicyclic) bond motifs is 1. The summed E-state index contributed by atoms with van der Waals surface area (Å²) in [5.74, 6) is -0.990. The summed E-state index contributed by atoms with van der Waals surface area (Å²) < 4.78 is 0. The molecule has 1 heterocycles. The predicted molar refractivity (Wildman–Crippen MR) is 105 cm³/mol. The topological polar surface area (TPSA) is 50.2 Å². The number of para-hydroxylation sites is 1. The molecule has 0 unspecified atom stereocenters. The van der Waals surface area contributed by atoms with Crippen LogP contribution in [0.2, 0.25) is 5.02 Å². The van der Waals surface area contributed by atoms with Gasteiger partial charge in [0.2, 0.25) is 0 Å². The van der Waals surface area contributed by atoms with Gasteiger partial charge in [0.05, 0.1) is 16.8 Å². The third kappa shape index (κ3) is 2.83. The third-order valence-corrected chi connectivity index (χ3v) is 4.50. The average Bonchev–Trinajstić information content (AvgIpc) is 2.67. The molecule has 4 rings (SSSR count). The van der Waals surface area contributed by atoms with Crippen molar-refractivity contribution in [3.05, 3.63) is 89.4 Å². The van der Waals surface area contributed by atoms with E-state index in [2.05, 4.69) is 0 Å². The molecule has 4 heteroatoms. The maximum absolute atomic E-state index is 12.2. The Hall–Kier alpha value is -3.17. The molecule has 4 aromatic rings. The lowest BCUT2D eigenvalue weighted by molar-refractivity contribution is 0.0700. The first kappa shape index (κ1) is 16.3. The Morgan fingerprint density at radius 1 is 0.846 bits per heavy atom. The van der Waals surface area contributed by atoms with Crippen molar-refractivity contribution in [1.29, 1.82) is 0 Å². The summed E-state index contributed by atoms with van der Waals surface area (Å²) in [6.07, 6.45) is 0. The van der Waals surface area contributed by atoms with Gasteiger partial charge < -0.3 is 5.11 Å². The smallest absolute Gasteiger partial charge is 0.337 e. The van der Waals surface area contributed by atoms with Crippen LogP contribution in [0.1, 0.15) is 10.4 Å². The van der Waals surface area contributed by atoms with Gasteiger partial charge in [-0.25, -0.2) is 9.78 Å². The lowest BCUT2D eigenvalue weighted by Gasteiger charge is -2.15. The molecule has 0 saturated carbocycles. The Balaban J connectivity index is 2.18. The van der Waals surface area contributed by atoms with E-state index in [9.17, 15) is 9.90 Å². The van der Waals surface area contributed by atoms with E-state index in [1.165, 1.54) is 0 Å². The number of pyridine rings is 1. The van der Waals surface area contributed by atoms with Crippen molar-refractivity contribution in [2.24, 2.45) is 0 Å². The molecule has 0 bridgehead atoms. The highest BCUT2D eigenvalue weighted by Crippen LogP contribution is 2.38. The summed E-state index contributed by atoms with van der Waals surface area (Å²) in [6, 6.07) is 24.1. The molecule has 0 saturated heterocycles. The van der Waals surface area contributed by atoms with Crippen molar-refractivity contribution in [2.75, 3.05) is 0 Å². The molecule has 126 valence electrons. The summed E-state index contributed by atoms with van der Waals surface area (Å²) in [7, 11) is 0. The number of halogens is 1. The van der Waals surface area contributed by atoms with Crippen LogP contribution in [-0.4, -0.2) is 16.1 Å². The van der Waals surface area contributed by atoms with E-state index in [0.29, 0.717) is 27.2 Å². The van der Waals surface area contributed by atoms with E-state index < -0.39 is 5.97 Å². The zero-order valence-corrected chi connectivity index (χ0v) is 14.4. The lowest BCUT2D eigenvalue weighted by Crippen LogP contribution is -2.05. The van der Waals surface area contributed by atoms with Crippen LogP contribution in [0.4, 0.5) is 0 Å². The van der Waals surface area contributed by atoms with E-state index in [-0.39, 0.29) is 5.56 Å².